The van der Waals surface area contributed by atoms with Gasteiger partial charge < -0.3 is 9.29 Å². The molecule has 1 aromatic rings. The summed E-state index contributed by atoms with van der Waals surface area (Å²) >= 11 is -1.06. The Kier molecular flexibility index (Phi) is 4.33. The van der Waals surface area contributed by atoms with Crippen LogP contribution in [0.5, 0.6) is 0 Å². The van der Waals surface area contributed by atoms with Crippen molar-refractivity contribution in [3.8, 4) is 0 Å². The van der Waals surface area contributed by atoms with Crippen LogP contribution in [0.2, 0.25) is 0 Å². The van der Waals surface area contributed by atoms with Crippen LogP contribution in [0.4, 0.5) is 0 Å². The van der Waals surface area contributed by atoms with Crippen LogP contribution in [-0.4, -0.2) is 15.9 Å². The van der Waals surface area contributed by atoms with Crippen LogP contribution < -0.4 is 4.72 Å². The second-order valence-corrected chi connectivity index (χ2v) is 7.59. The van der Waals surface area contributed by atoms with E-state index in [0.29, 0.717) is 13.2 Å². The molecule has 2 atom stereocenters. The highest BCUT2D eigenvalue weighted by Gasteiger charge is 2.31. The van der Waals surface area contributed by atoms with Crippen LogP contribution in [0.3, 0.4) is 0 Å². The van der Waals surface area contributed by atoms with Gasteiger partial charge in [-0.05, 0) is 38.3 Å². The second-order valence-electron chi connectivity index (χ2n) is 5.59. The summed E-state index contributed by atoms with van der Waals surface area (Å²) in [5.74, 6) is 0. The number of nitrogens with one attached hydrogen (secondary N) is 1. The van der Waals surface area contributed by atoms with Crippen molar-refractivity contribution < 1.29 is 9.29 Å². The molecule has 0 aromatic heterocycles. The van der Waals surface area contributed by atoms with Crippen molar-refractivity contribution in [2.24, 2.45) is 0 Å². The molecule has 0 aliphatic carbocycles. The fraction of sp³-hybridized carbons (Fsp3) is 0.571. The molecule has 0 spiro atoms. The number of fused-ring (bicyclic) bond motifs is 1. The number of hydrogen-bond donors (Lipinski definition) is 1. The lowest BCUT2D eigenvalue weighted by Gasteiger charge is -2.28. The first kappa shape index (κ1) is 13.9. The van der Waals surface area contributed by atoms with E-state index in [-0.39, 0.29) is 10.8 Å². The lowest BCUT2D eigenvalue weighted by molar-refractivity contribution is 0.121. The quantitative estimate of drug-likeness (QED) is 0.838. The fourth-order valence-corrected chi connectivity index (χ4v) is 2.83. The number of rotatable bonds is 2. The molecular weight excluding hydrogens is 246 g/mol. The van der Waals surface area contributed by atoms with Gasteiger partial charge in [-0.1, -0.05) is 24.3 Å². The molecule has 1 aliphatic rings. The Morgan fingerprint density at radius 2 is 2.06 bits per heavy atom. The summed E-state index contributed by atoms with van der Waals surface area (Å²) in [6.45, 7) is 7.30. The van der Waals surface area contributed by atoms with Crippen molar-refractivity contribution in [1.82, 2.24) is 4.72 Å². The standard InChI is InChI=1S/C14H21NO2S/c1-14(2,3)18(16)15-13-8-9-17-10-11-6-4-5-7-12(11)13/h4-7,13,15H,8-10H2,1-3H3. The van der Waals surface area contributed by atoms with Gasteiger partial charge in [0.25, 0.3) is 0 Å². The molecule has 0 saturated carbocycles. The van der Waals surface area contributed by atoms with Gasteiger partial charge in [-0.15, -0.1) is 4.72 Å². The highest BCUT2D eigenvalue weighted by atomic mass is 32.2. The van der Waals surface area contributed by atoms with Gasteiger partial charge in [0.15, 0.2) is 0 Å². The highest BCUT2D eigenvalue weighted by molar-refractivity contribution is 7.90. The number of hydrogen-bond acceptors (Lipinski definition) is 3. The van der Waals surface area contributed by atoms with Gasteiger partial charge in [0.05, 0.1) is 12.6 Å². The Bertz CT molecular complexity index is 403. The van der Waals surface area contributed by atoms with Crippen molar-refractivity contribution in [1.29, 1.82) is 0 Å². The molecule has 3 nitrogen and oxygen atoms in total. The van der Waals surface area contributed by atoms with Gasteiger partial charge in [0.1, 0.15) is 4.75 Å². The lowest BCUT2D eigenvalue weighted by Crippen LogP contribution is -2.41. The molecule has 0 saturated heterocycles. The molecule has 0 radical (unpaired) electrons. The molecule has 2 rings (SSSR count). The molecule has 18 heavy (non-hydrogen) atoms. The van der Waals surface area contributed by atoms with Crippen molar-refractivity contribution in [2.45, 2.75) is 44.6 Å². The van der Waals surface area contributed by atoms with E-state index in [9.17, 15) is 4.55 Å². The Morgan fingerprint density at radius 3 is 2.78 bits per heavy atom. The van der Waals surface area contributed by atoms with E-state index in [4.69, 9.17) is 4.74 Å². The third-order valence-electron chi connectivity index (χ3n) is 3.04. The lowest BCUT2D eigenvalue weighted by atomic mass is 10.0. The minimum Gasteiger partial charge on any atom is -0.598 e. The van der Waals surface area contributed by atoms with Crippen LogP contribution in [0, 0.1) is 0 Å². The topological polar surface area (TPSA) is 44.3 Å². The maximum absolute atomic E-state index is 12.2. The minimum atomic E-state index is -1.06. The zero-order chi connectivity index (χ0) is 13.2. The van der Waals surface area contributed by atoms with Crippen LogP contribution >= 0.6 is 0 Å². The largest absolute Gasteiger partial charge is 0.598 e. The molecule has 1 aliphatic heterocycles. The Morgan fingerprint density at radius 1 is 1.33 bits per heavy atom. The Balaban J connectivity index is 2.18. The van der Waals surface area contributed by atoms with Crippen molar-refractivity contribution in [2.75, 3.05) is 6.61 Å². The highest BCUT2D eigenvalue weighted by Crippen LogP contribution is 2.27. The molecule has 1 N–H and O–H groups in total. The molecule has 0 bridgehead atoms. The molecule has 0 fully saturated rings. The number of ether oxygens (including phenoxy) is 1. The molecule has 1 heterocycles. The van der Waals surface area contributed by atoms with Crippen molar-refractivity contribution >= 4 is 11.4 Å². The summed E-state index contributed by atoms with van der Waals surface area (Å²) in [6, 6.07) is 8.34. The third-order valence-corrected chi connectivity index (χ3v) is 4.66. The third kappa shape index (κ3) is 3.26. The van der Waals surface area contributed by atoms with Gasteiger partial charge in [-0.3, -0.25) is 0 Å². The van der Waals surface area contributed by atoms with Gasteiger partial charge in [-0.25, -0.2) is 0 Å². The summed E-state index contributed by atoms with van der Waals surface area (Å²) in [7, 11) is 0. The monoisotopic (exact) mass is 267 g/mol. The first-order valence-corrected chi connectivity index (χ1v) is 7.47. The van der Waals surface area contributed by atoms with Crippen molar-refractivity contribution in [3.63, 3.8) is 0 Å². The molecule has 2 unspecified atom stereocenters. The van der Waals surface area contributed by atoms with Crippen LogP contribution in [0.1, 0.15) is 44.4 Å². The van der Waals surface area contributed by atoms with E-state index >= 15 is 0 Å². The molecule has 4 heteroatoms. The van der Waals surface area contributed by atoms with E-state index in [1.165, 1.54) is 11.1 Å². The summed E-state index contributed by atoms with van der Waals surface area (Å²) in [4.78, 5) is 0. The van der Waals surface area contributed by atoms with E-state index in [1.807, 2.05) is 32.9 Å². The van der Waals surface area contributed by atoms with Gasteiger partial charge in [0.2, 0.25) is 0 Å². The SMILES string of the molecule is CC(C)(C)[S+]([O-])NC1CCOCc2ccccc21. The van der Waals surface area contributed by atoms with E-state index in [1.54, 1.807) is 0 Å². The normalized spacial score (nSPS) is 22.1. The van der Waals surface area contributed by atoms with E-state index in [2.05, 4.69) is 16.9 Å². The maximum atomic E-state index is 12.2. The zero-order valence-corrected chi connectivity index (χ0v) is 12.0. The molecule has 100 valence electrons. The van der Waals surface area contributed by atoms with Crippen LogP contribution in [-0.2, 0) is 22.7 Å². The van der Waals surface area contributed by atoms with E-state index < -0.39 is 11.4 Å². The Hall–Kier alpha value is -0.550. The summed E-state index contributed by atoms with van der Waals surface area (Å²) in [6.07, 6.45) is 0.860. The predicted molar refractivity (Wildman–Crippen MR) is 74.5 cm³/mol. The van der Waals surface area contributed by atoms with Gasteiger partial charge >= 0.3 is 0 Å². The average molecular weight is 267 g/mol. The first-order chi connectivity index (χ1) is 8.48. The second kappa shape index (κ2) is 5.61. The smallest absolute Gasteiger partial charge is 0.136 e. The van der Waals surface area contributed by atoms with E-state index in [0.717, 1.165) is 6.42 Å². The van der Waals surface area contributed by atoms with Crippen LogP contribution in [0.25, 0.3) is 0 Å². The summed E-state index contributed by atoms with van der Waals surface area (Å²) < 4.78 is 20.8. The maximum Gasteiger partial charge on any atom is 0.136 e. The summed E-state index contributed by atoms with van der Waals surface area (Å²) in [5, 5.41) is 0. The molecule has 1 aromatic carbocycles. The van der Waals surface area contributed by atoms with Crippen molar-refractivity contribution in [3.05, 3.63) is 35.4 Å². The van der Waals surface area contributed by atoms with Crippen LogP contribution in [0.15, 0.2) is 24.3 Å². The molecular formula is C14H21NO2S. The number of benzene rings is 1. The van der Waals surface area contributed by atoms with Gasteiger partial charge in [-0.2, -0.15) is 0 Å². The van der Waals surface area contributed by atoms with Gasteiger partial charge in [0, 0.05) is 18.0 Å². The first-order valence-electron chi connectivity index (χ1n) is 6.32. The average Bonchev–Trinajstić information content (AvgIpc) is 2.51. The Labute approximate surface area is 112 Å². The predicted octanol–water partition coefficient (Wildman–Crippen LogP) is 2.70. The minimum absolute atomic E-state index is 0.115. The fourth-order valence-electron chi connectivity index (χ4n) is 1.97. The summed E-state index contributed by atoms with van der Waals surface area (Å²) in [5.41, 5.74) is 2.41. The molecule has 0 amide bonds. The zero-order valence-electron chi connectivity index (χ0n) is 11.2.